The van der Waals surface area contributed by atoms with E-state index in [-0.39, 0.29) is 65.7 Å². The second-order valence-electron chi connectivity index (χ2n) is 24.7. The first-order valence-electron chi connectivity index (χ1n) is 34.1. The average molecular weight is 1450 g/mol. The molecule has 11 N–H and O–H groups in total. The van der Waals surface area contributed by atoms with Gasteiger partial charge in [-0.25, -0.2) is 28.8 Å². The molecule has 30 nitrogen and oxygen atoms in total. The van der Waals surface area contributed by atoms with E-state index < -0.39 is 153 Å². The van der Waals surface area contributed by atoms with Crippen LogP contribution in [0, 0.1) is 0 Å². The van der Waals surface area contributed by atoms with E-state index in [1.54, 1.807) is 170 Å². The zero-order valence-electron chi connectivity index (χ0n) is 56.9. The summed E-state index contributed by atoms with van der Waals surface area (Å²) < 4.78 is 72.1. The minimum atomic E-state index is -1.98. The Bertz CT molecular complexity index is 3770. The van der Waals surface area contributed by atoms with Gasteiger partial charge < -0.3 is 114 Å². The number of aliphatic hydroxyl groups excluding tert-OH is 4. The van der Waals surface area contributed by atoms with E-state index in [0.29, 0.717) is 27.8 Å². The number of amides is 7. The van der Waals surface area contributed by atoms with Gasteiger partial charge in [-0.3, -0.25) is 4.79 Å². The fraction of sp³-hybridized carbons (Fsp3) is 0.373. The van der Waals surface area contributed by atoms with Crippen LogP contribution in [0.2, 0.25) is 0 Å². The molecule has 3 heterocycles. The second-order valence-corrected chi connectivity index (χ2v) is 24.7. The molecule has 558 valence electrons. The molecule has 2 fully saturated rings. The van der Waals surface area contributed by atoms with E-state index in [1.807, 2.05) is 12.1 Å². The van der Waals surface area contributed by atoms with Crippen molar-refractivity contribution in [1.82, 2.24) is 37.2 Å². The van der Waals surface area contributed by atoms with Crippen molar-refractivity contribution in [2.24, 2.45) is 0 Å². The van der Waals surface area contributed by atoms with Crippen LogP contribution >= 0.6 is 0 Å². The van der Waals surface area contributed by atoms with Gasteiger partial charge in [0, 0.05) is 6.54 Å². The van der Waals surface area contributed by atoms with Crippen molar-refractivity contribution < 1.29 is 111 Å². The Balaban J connectivity index is 0.927. The van der Waals surface area contributed by atoms with E-state index in [2.05, 4.69) is 37.2 Å². The summed E-state index contributed by atoms with van der Waals surface area (Å²) in [6.07, 6.45) is -19.8. The lowest BCUT2D eigenvalue weighted by molar-refractivity contribution is -0.282. The number of ether oxygens (including phenoxy) is 12. The van der Waals surface area contributed by atoms with E-state index in [0.717, 1.165) is 5.56 Å². The molecule has 0 unspecified atom stereocenters. The summed E-state index contributed by atoms with van der Waals surface area (Å²) in [6, 6.07) is 47.6. The molecule has 10 rings (SSSR count). The Morgan fingerprint density at radius 2 is 0.743 bits per heavy atom. The molecule has 30 heteroatoms. The van der Waals surface area contributed by atoms with Crippen LogP contribution in [0.25, 0.3) is 0 Å². The molecule has 7 amide bonds. The molecule has 4 aliphatic rings. The van der Waals surface area contributed by atoms with Gasteiger partial charge in [0.25, 0.3) is 0 Å². The largest absolute Gasteiger partial charge is 0.445 e. The highest BCUT2D eigenvalue weighted by atomic mass is 16.8. The van der Waals surface area contributed by atoms with Gasteiger partial charge in [-0.05, 0) is 46.2 Å². The van der Waals surface area contributed by atoms with Crippen molar-refractivity contribution in [3.63, 3.8) is 0 Å². The lowest BCUT2D eigenvalue weighted by Crippen LogP contribution is -2.68. The molecule has 0 aromatic heterocycles. The van der Waals surface area contributed by atoms with Gasteiger partial charge in [0.05, 0.1) is 44.0 Å². The van der Waals surface area contributed by atoms with Crippen molar-refractivity contribution in [1.29, 1.82) is 0 Å². The van der Waals surface area contributed by atoms with Crippen molar-refractivity contribution >= 4 is 42.5 Å². The van der Waals surface area contributed by atoms with Gasteiger partial charge >= 0.3 is 36.6 Å². The Hall–Kier alpha value is -10.5. The average Bonchev–Trinajstić information content (AvgIpc) is 1.67. The summed E-state index contributed by atoms with van der Waals surface area (Å²) in [5, 5.41) is 66.4. The SMILES string of the molecule is O=C(NCC[C@H](O)C(=O)N[C@@H]1C[C@H](NC(=O)OCc2ccccc2)[C@@H](O[C@H]2O[C@H](CNC(=O)OCc3ccccc3)C=C[C@H]2NC(=O)OCc2ccccc2)[C@H](O[C@@H]2O[C@H](CO)[C@@H](O[C@H]3O[C@@H](CNC(=O)OCc4ccccc4)C=C[C@H]3NC(=O)OCc3ccccc3)[C@H]2O)[C@H]1O)OCc1ccccc1. The Morgan fingerprint density at radius 1 is 0.390 bits per heavy atom. The number of hydrogen-bond acceptors (Lipinski definition) is 23. The highest BCUT2D eigenvalue weighted by molar-refractivity contribution is 5.81. The van der Waals surface area contributed by atoms with Crippen LogP contribution in [0.1, 0.15) is 46.2 Å². The molecule has 6 aromatic rings. The molecule has 0 spiro atoms. The maximum atomic E-state index is 14.3. The highest BCUT2D eigenvalue weighted by Gasteiger charge is 2.55. The standard InChI is InChI=1S/C75H85N7O23/c83-40-60-64(104-68-56(81-74(92)98-45-51-27-15-5-16-28-51)34-32-54(101-68)39-78-72(90)96-43-49-23-11-3-12-24-49)62(86)69(102-60)105-65-61(85)57(79-66(87)59(84)35-36-76-70(88)94-41-47-19-7-1-8-20-47)37-58(82-75(93)99-46-52-29-17-6-18-30-52)63(65)103-67-55(80-73(91)97-44-50-25-13-4-14-26-50)33-31-53(100-67)38-77-71(89)95-42-48-21-9-2-10-22-48/h1-34,53-65,67-69,83-86H,35-46H2,(H,76,88)(H,77,89)(H,78,90)(H,79,87)(H,80,91)(H,81,92)(H,82,93)/t53-,54+,55+,56+,57+,58-,59-,60+,61-,62+,63+,64+,65+,67+,68+,69-/m0/s1. The number of nitrogens with one attached hydrogen (secondary N) is 7. The molecular formula is C75H85N7O23. The predicted molar refractivity (Wildman–Crippen MR) is 370 cm³/mol. The number of hydrogen-bond donors (Lipinski definition) is 11. The van der Waals surface area contributed by atoms with Crippen molar-refractivity contribution in [2.45, 2.75) is 150 Å². The first-order valence-corrected chi connectivity index (χ1v) is 34.1. The minimum Gasteiger partial charge on any atom is -0.445 e. The third-order valence-electron chi connectivity index (χ3n) is 17.0. The second kappa shape index (κ2) is 39.9. The third kappa shape index (κ3) is 24.3. The van der Waals surface area contributed by atoms with Crippen LogP contribution in [-0.2, 0) is 101 Å². The Labute approximate surface area is 604 Å². The molecule has 16 atom stereocenters. The van der Waals surface area contributed by atoms with Crippen LogP contribution < -0.4 is 37.2 Å². The molecule has 0 bridgehead atoms. The number of benzene rings is 6. The van der Waals surface area contributed by atoms with Gasteiger partial charge in [-0.2, -0.15) is 0 Å². The predicted octanol–water partition coefficient (Wildman–Crippen LogP) is 5.45. The van der Waals surface area contributed by atoms with E-state index in [4.69, 9.17) is 56.8 Å². The minimum absolute atomic E-state index is 0.0397. The third-order valence-corrected chi connectivity index (χ3v) is 17.0. The molecule has 1 saturated heterocycles. The molecular weight excluding hydrogens is 1370 g/mol. The molecule has 6 aromatic carbocycles. The summed E-state index contributed by atoms with van der Waals surface area (Å²) in [7, 11) is 0. The van der Waals surface area contributed by atoms with Crippen LogP contribution in [0.3, 0.4) is 0 Å². The molecule has 1 aliphatic carbocycles. The smallest absolute Gasteiger partial charge is 0.408 e. The van der Waals surface area contributed by atoms with E-state index >= 15 is 0 Å². The summed E-state index contributed by atoms with van der Waals surface area (Å²) in [6.45, 7) is -2.26. The van der Waals surface area contributed by atoms with Gasteiger partial charge in [0.2, 0.25) is 5.91 Å². The first kappa shape index (κ1) is 77.1. The van der Waals surface area contributed by atoms with Gasteiger partial charge in [-0.1, -0.05) is 206 Å². The molecule has 3 aliphatic heterocycles. The summed E-state index contributed by atoms with van der Waals surface area (Å²) >= 11 is 0. The van der Waals surface area contributed by atoms with Crippen molar-refractivity contribution in [3.05, 3.63) is 240 Å². The first-order chi connectivity index (χ1) is 51.1. The van der Waals surface area contributed by atoms with E-state index in [9.17, 15) is 54.0 Å². The van der Waals surface area contributed by atoms with Crippen LogP contribution in [0.15, 0.2) is 206 Å². The van der Waals surface area contributed by atoms with Crippen LogP contribution in [0.4, 0.5) is 28.8 Å². The number of alkyl carbamates (subject to hydrolysis) is 6. The summed E-state index contributed by atoms with van der Waals surface area (Å²) in [5.41, 5.74) is 4.07. The number of aliphatic hydroxyl groups is 4. The van der Waals surface area contributed by atoms with Gasteiger partial charge in [0.1, 0.15) is 94.5 Å². The molecule has 1 saturated carbocycles. The molecule has 105 heavy (non-hydrogen) atoms. The summed E-state index contributed by atoms with van der Waals surface area (Å²) in [4.78, 5) is 94.5. The Morgan fingerprint density at radius 3 is 1.13 bits per heavy atom. The normalized spacial score (nSPS) is 24.8. The lowest BCUT2D eigenvalue weighted by atomic mass is 9.83. The lowest BCUT2D eigenvalue weighted by Gasteiger charge is -2.47. The number of carbonyl (C=O) groups excluding carboxylic acids is 7. The molecule has 0 radical (unpaired) electrons. The van der Waals surface area contributed by atoms with Crippen LogP contribution in [-0.4, -0.2) is 187 Å². The maximum Gasteiger partial charge on any atom is 0.408 e. The maximum absolute atomic E-state index is 14.3. The van der Waals surface area contributed by atoms with Crippen LogP contribution in [0.5, 0.6) is 0 Å². The summed E-state index contributed by atoms with van der Waals surface area (Å²) in [5.74, 6) is -1.06. The monoisotopic (exact) mass is 1450 g/mol. The zero-order valence-corrected chi connectivity index (χ0v) is 56.9. The highest BCUT2D eigenvalue weighted by Crippen LogP contribution is 2.35. The van der Waals surface area contributed by atoms with Crippen molar-refractivity contribution in [3.8, 4) is 0 Å². The zero-order chi connectivity index (χ0) is 73.7. The van der Waals surface area contributed by atoms with Gasteiger partial charge in [-0.15, -0.1) is 0 Å². The topological polar surface area (TPSA) is 395 Å². The van der Waals surface area contributed by atoms with Gasteiger partial charge in [0.15, 0.2) is 18.9 Å². The fourth-order valence-corrected chi connectivity index (χ4v) is 11.5. The van der Waals surface area contributed by atoms with Crippen molar-refractivity contribution in [2.75, 3.05) is 26.2 Å². The van der Waals surface area contributed by atoms with E-state index in [1.165, 1.54) is 24.3 Å². The number of carbonyl (C=O) groups is 7. The quantitative estimate of drug-likeness (QED) is 0.0190. The fourth-order valence-electron chi connectivity index (χ4n) is 11.5. The Kier molecular flexibility index (Phi) is 29.3. The number of rotatable bonds is 31.